The van der Waals surface area contributed by atoms with Crippen molar-refractivity contribution in [3.63, 3.8) is 0 Å². The maximum Gasteiger partial charge on any atom is 0.147 e. The highest BCUT2D eigenvalue weighted by Gasteiger charge is 2.04. The number of nitrogens with two attached hydrogens (primary N) is 1. The van der Waals surface area contributed by atoms with Crippen LogP contribution in [-0.4, -0.2) is 4.98 Å². The fraction of sp³-hybridized carbons (Fsp3) is 0. The van der Waals surface area contributed by atoms with Crippen molar-refractivity contribution >= 4 is 28.8 Å². The quantitative estimate of drug-likeness (QED) is 0.843. The van der Waals surface area contributed by atoms with E-state index in [0.717, 1.165) is 0 Å². The summed E-state index contributed by atoms with van der Waals surface area (Å²) in [5, 5.41) is 3.34. The highest BCUT2D eigenvalue weighted by Crippen LogP contribution is 2.27. The number of nitrogen functional groups attached to an aromatic ring is 1. The third-order valence-corrected chi connectivity index (χ3v) is 2.37. The molecule has 1 heterocycles. The summed E-state index contributed by atoms with van der Waals surface area (Å²) in [5.41, 5.74) is 6.70. The highest BCUT2D eigenvalue weighted by molar-refractivity contribution is 6.33. The average molecular weight is 238 g/mol. The van der Waals surface area contributed by atoms with Crippen LogP contribution in [0.4, 0.5) is 21.6 Å². The van der Waals surface area contributed by atoms with E-state index in [9.17, 15) is 4.39 Å². The molecule has 0 aliphatic carbocycles. The Balaban J connectivity index is 2.34. The molecule has 3 N–H and O–H groups in total. The van der Waals surface area contributed by atoms with Crippen molar-refractivity contribution in [2.75, 3.05) is 11.1 Å². The predicted octanol–water partition coefficient (Wildman–Crippen LogP) is 3.20. The van der Waals surface area contributed by atoms with Crippen molar-refractivity contribution in [2.45, 2.75) is 0 Å². The van der Waals surface area contributed by atoms with Crippen molar-refractivity contribution in [3.8, 4) is 0 Å². The molecule has 16 heavy (non-hydrogen) atoms. The normalized spacial score (nSPS) is 10.1. The first kappa shape index (κ1) is 10.7. The molecule has 0 aliphatic heterocycles. The first-order chi connectivity index (χ1) is 7.66. The first-order valence-electron chi connectivity index (χ1n) is 4.59. The van der Waals surface area contributed by atoms with Crippen LogP contribution in [0, 0.1) is 5.82 Å². The zero-order chi connectivity index (χ0) is 11.5. The highest BCUT2D eigenvalue weighted by atomic mass is 35.5. The van der Waals surface area contributed by atoms with Crippen LogP contribution in [0.25, 0.3) is 0 Å². The molecule has 0 fully saturated rings. The van der Waals surface area contributed by atoms with E-state index in [1.54, 1.807) is 18.3 Å². The van der Waals surface area contributed by atoms with Crippen molar-refractivity contribution < 1.29 is 4.39 Å². The van der Waals surface area contributed by atoms with Crippen LogP contribution in [0.1, 0.15) is 0 Å². The Morgan fingerprint density at radius 1 is 1.25 bits per heavy atom. The standard InChI is InChI=1S/C11H9ClFN3/c12-8-4-3-7(13)6-10(8)16-9-2-1-5-15-11(9)14/h1-6,16H,(H2,14,15). The van der Waals surface area contributed by atoms with Gasteiger partial charge in [0.05, 0.1) is 16.4 Å². The minimum Gasteiger partial charge on any atom is -0.382 e. The van der Waals surface area contributed by atoms with Gasteiger partial charge in [-0.05, 0) is 30.3 Å². The van der Waals surface area contributed by atoms with E-state index in [-0.39, 0.29) is 5.82 Å². The van der Waals surface area contributed by atoms with Gasteiger partial charge in [0, 0.05) is 6.20 Å². The molecule has 0 atom stereocenters. The van der Waals surface area contributed by atoms with Gasteiger partial charge in [-0.3, -0.25) is 0 Å². The van der Waals surface area contributed by atoms with Crippen LogP contribution >= 0.6 is 11.6 Å². The van der Waals surface area contributed by atoms with Gasteiger partial charge < -0.3 is 11.1 Å². The molecule has 0 spiro atoms. The average Bonchev–Trinajstić information content (AvgIpc) is 2.27. The SMILES string of the molecule is Nc1ncccc1Nc1cc(F)ccc1Cl. The van der Waals surface area contributed by atoms with Crippen LogP contribution in [0.2, 0.25) is 5.02 Å². The zero-order valence-electron chi connectivity index (χ0n) is 8.24. The van der Waals surface area contributed by atoms with Gasteiger partial charge >= 0.3 is 0 Å². The van der Waals surface area contributed by atoms with Crippen LogP contribution < -0.4 is 11.1 Å². The topological polar surface area (TPSA) is 50.9 Å². The Hall–Kier alpha value is -1.81. The van der Waals surface area contributed by atoms with Gasteiger partial charge in [0.1, 0.15) is 11.6 Å². The lowest BCUT2D eigenvalue weighted by molar-refractivity contribution is 0.628. The van der Waals surface area contributed by atoms with Crippen LogP contribution in [0.15, 0.2) is 36.5 Å². The minimum atomic E-state index is -0.366. The van der Waals surface area contributed by atoms with E-state index in [0.29, 0.717) is 22.2 Å². The Kier molecular flexibility index (Phi) is 2.92. The second kappa shape index (κ2) is 4.37. The van der Waals surface area contributed by atoms with E-state index < -0.39 is 0 Å². The third-order valence-electron chi connectivity index (χ3n) is 2.04. The third kappa shape index (κ3) is 2.23. The molecule has 1 aromatic carbocycles. The van der Waals surface area contributed by atoms with Crippen LogP contribution in [-0.2, 0) is 0 Å². The summed E-state index contributed by atoms with van der Waals surface area (Å²) >= 11 is 5.91. The Bertz CT molecular complexity index is 516. The molecule has 1 aromatic heterocycles. The van der Waals surface area contributed by atoms with Crippen LogP contribution in [0.5, 0.6) is 0 Å². The molecule has 0 bridgehead atoms. The van der Waals surface area contributed by atoms with Crippen molar-refractivity contribution in [3.05, 3.63) is 47.4 Å². The van der Waals surface area contributed by atoms with Crippen molar-refractivity contribution in [1.82, 2.24) is 4.98 Å². The molecule has 5 heteroatoms. The molecule has 2 aromatic rings. The number of aromatic nitrogens is 1. The molecule has 0 aliphatic rings. The number of rotatable bonds is 2. The first-order valence-corrected chi connectivity index (χ1v) is 4.97. The fourth-order valence-corrected chi connectivity index (χ4v) is 1.43. The number of benzene rings is 1. The number of pyridine rings is 1. The smallest absolute Gasteiger partial charge is 0.147 e. The Morgan fingerprint density at radius 3 is 2.81 bits per heavy atom. The summed E-state index contributed by atoms with van der Waals surface area (Å²) in [6.45, 7) is 0. The molecule has 0 radical (unpaired) electrons. The maximum atomic E-state index is 13.0. The largest absolute Gasteiger partial charge is 0.382 e. The molecular formula is C11H9ClFN3. The monoisotopic (exact) mass is 237 g/mol. The summed E-state index contributed by atoms with van der Waals surface area (Å²) in [4.78, 5) is 3.91. The van der Waals surface area contributed by atoms with Crippen LogP contribution in [0.3, 0.4) is 0 Å². The molecule has 0 unspecified atom stereocenters. The van der Waals surface area contributed by atoms with Crippen molar-refractivity contribution in [1.29, 1.82) is 0 Å². The second-order valence-corrected chi connectivity index (χ2v) is 3.59. The van der Waals surface area contributed by atoms with Gasteiger partial charge in [0.15, 0.2) is 0 Å². The minimum absolute atomic E-state index is 0.336. The lowest BCUT2D eigenvalue weighted by Crippen LogP contribution is -1.98. The van der Waals surface area contributed by atoms with E-state index in [1.807, 2.05) is 0 Å². The number of nitrogens with zero attached hydrogens (tertiary/aromatic N) is 1. The maximum absolute atomic E-state index is 13.0. The lowest BCUT2D eigenvalue weighted by atomic mass is 10.3. The van der Waals surface area contributed by atoms with E-state index in [2.05, 4.69) is 10.3 Å². The van der Waals surface area contributed by atoms with Gasteiger partial charge in [-0.2, -0.15) is 0 Å². The Labute approximate surface area is 97.1 Å². The number of nitrogens with one attached hydrogen (secondary N) is 1. The molecule has 82 valence electrons. The second-order valence-electron chi connectivity index (χ2n) is 3.19. The van der Waals surface area contributed by atoms with E-state index >= 15 is 0 Å². The van der Waals surface area contributed by atoms with Gasteiger partial charge in [0.25, 0.3) is 0 Å². The number of halogens is 2. The summed E-state index contributed by atoms with van der Waals surface area (Å²) in [6.07, 6.45) is 1.58. The molecular weight excluding hydrogens is 229 g/mol. The van der Waals surface area contributed by atoms with Crippen molar-refractivity contribution in [2.24, 2.45) is 0 Å². The molecule has 0 saturated carbocycles. The number of hydrogen-bond donors (Lipinski definition) is 2. The van der Waals surface area contributed by atoms with Gasteiger partial charge in [-0.1, -0.05) is 11.6 Å². The van der Waals surface area contributed by atoms with Gasteiger partial charge in [-0.25, -0.2) is 9.37 Å². The summed E-state index contributed by atoms with van der Waals surface area (Å²) in [6, 6.07) is 7.54. The zero-order valence-corrected chi connectivity index (χ0v) is 9.00. The molecule has 0 saturated heterocycles. The summed E-state index contributed by atoms with van der Waals surface area (Å²) in [7, 11) is 0. The molecule has 2 rings (SSSR count). The number of anilines is 3. The van der Waals surface area contributed by atoms with E-state index in [1.165, 1.54) is 18.2 Å². The summed E-state index contributed by atoms with van der Waals surface area (Å²) in [5.74, 6) is -0.0304. The summed E-state index contributed by atoms with van der Waals surface area (Å²) < 4.78 is 13.0. The van der Waals surface area contributed by atoms with Gasteiger partial charge in [-0.15, -0.1) is 0 Å². The number of hydrogen-bond acceptors (Lipinski definition) is 3. The Morgan fingerprint density at radius 2 is 2.06 bits per heavy atom. The molecule has 3 nitrogen and oxygen atoms in total. The van der Waals surface area contributed by atoms with E-state index in [4.69, 9.17) is 17.3 Å². The predicted molar refractivity (Wildman–Crippen MR) is 63.3 cm³/mol. The van der Waals surface area contributed by atoms with Gasteiger partial charge in [0.2, 0.25) is 0 Å². The lowest BCUT2D eigenvalue weighted by Gasteiger charge is -2.09. The fourth-order valence-electron chi connectivity index (χ4n) is 1.26. The molecule has 0 amide bonds.